The second-order valence-corrected chi connectivity index (χ2v) is 3.04. The van der Waals surface area contributed by atoms with Crippen LogP contribution in [0.4, 0.5) is 5.95 Å². The lowest BCUT2D eigenvalue weighted by molar-refractivity contribution is 0.0651. The van der Waals surface area contributed by atoms with Crippen LogP contribution in [-0.4, -0.2) is 36.9 Å². The minimum Gasteiger partial charge on any atom is -0.475 e. The van der Waals surface area contributed by atoms with Crippen LogP contribution in [0, 0.1) is 0 Å². The Kier molecular flexibility index (Phi) is 2.57. The fourth-order valence-corrected chi connectivity index (χ4v) is 1.06. The maximum Gasteiger partial charge on any atom is 0.374 e. The molecule has 2 rings (SSSR count). The zero-order valence-electron chi connectivity index (χ0n) is 8.62. The molecule has 1 amide bonds. The molecule has 0 aliphatic heterocycles. The van der Waals surface area contributed by atoms with Gasteiger partial charge in [-0.3, -0.25) is 10.1 Å². The molecule has 0 aromatic carbocycles. The van der Waals surface area contributed by atoms with Gasteiger partial charge in [0.25, 0.3) is 5.91 Å². The number of hydrogen-bond acceptors (Lipinski definition) is 6. The minimum absolute atomic E-state index is 0.148. The molecule has 9 nitrogen and oxygen atoms in total. The van der Waals surface area contributed by atoms with E-state index < -0.39 is 17.6 Å². The van der Waals surface area contributed by atoms with Crippen LogP contribution in [0.3, 0.4) is 0 Å². The molecule has 2 heterocycles. The van der Waals surface area contributed by atoms with Crippen molar-refractivity contribution in [2.24, 2.45) is 7.05 Å². The van der Waals surface area contributed by atoms with Crippen LogP contribution in [0.15, 0.2) is 16.9 Å². The number of amides is 1. The van der Waals surface area contributed by atoms with Gasteiger partial charge in [-0.25, -0.2) is 9.48 Å². The van der Waals surface area contributed by atoms with Gasteiger partial charge in [-0.2, -0.15) is 10.1 Å². The highest BCUT2D eigenvalue weighted by Crippen LogP contribution is 2.06. The fourth-order valence-electron chi connectivity index (χ4n) is 1.06. The number of aromatic carboxylic acids is 1. The Morgan fingerprint density at radius 3 is 2.82 bits per heavy atom. The average molecular weight is 237 g/mol. The molecular formula is C8H7N5O4. The molecule has 0 atom stereocenters. The van der Waals surface area contributed by atoms with Crippen molar-refractivity contribution in [1.82, 2.24) is 19.9 Å². The summed E-state index contributed by atoms with van der Waals surface area (Å²) in [6.07, 6.45) is 1.26. The summed E-state index contributed by atoms with van der Waals surface area (Å²) >= 11 is 0. The quantitative estimate of drug-likeness (QED) is 0.754. The normalized spacial score (nSPS) is 10.2. The monoisotopic (exact) mass is 237 g/mol. The highest BCUT2D eigenvalue weighted by molar-refractivity contribution is 6.02. The van der Waals surface area contributed by atoms with Crippen molar-refractivity contribution < 1.29 is 19.2 Å². The number of nitrogens with one attached hydrogen (secondary N) is 1. The molecule has 0 fully saturated rings. The molecule has 0 saturated carbocycles. The lowest BCUT2D eigenvalue weighted by atomic mass is 10.3. The molecule has 0 saturated heterocycles. The molecular weight excluding hydrogens is 230 g/mol. The Morgan fingerprint density at radius 1 is 1.53 bits per heavy atom. The first kappa shape index (κ1) is 10.8. The van der Waals surface area contributed by atoms with Crippen LogP contribution in [0.5, 0.6) is 0 Å². The Morgan fingerprint density at radius 2 is 2.29 bits per heavy atom. The number of rotatable bonds is 3. The minimum atomic E-state index is -1.30. The maximum atomic E-state index is 11.6. The number of aromatic nitrogens is 4. The van der Waals surface area contributed by atoms with Crippen molar-refractivity contribution >= 4 is 17.8 Å². The summed E-state index contributed by atoms with van der Waals surface area (Å²) in [4.78, 5) is 25.9. The van der Waals surface area contributed by atoms with Gasteiger partial charge in [0.2, 0.25) is 11.7 Å². The Hall–Kier alpha value is -2.71. The summed E-state index contributed by atoms with van der Waals surface area (Å²) in [6, 6.07) is 1.02. The second kappa shape index (κ2) is 4.04. The summed E-state index contributed by atoms with van der Waals surface area (Å²) in [5, 5.41) is 18.1. The number of nitrogens with zero attached hydrogens (tertiary/aromatic N) is 4. The fraction of sp³-hybridized carbons (Fsp3) is 0.125. The highest BCUT2D eigenvalue weighted by atomic mass is 16.5. The standard InChI is InChI=1S/C8H7N5O4/c1-13-8(9-3-10-13)11-6(14)4-2-5(7(15)16)17-12-4/h2-3H,1H3,(H,15,16)(H,9,10,11,14). The molecule has 0 bridgehead atoms. The van der Waals surface area contributed by atoms with Gasteiger partial charge < -0.3 is 9.63 Å². The third-order valence-corrected chi connectivity index (χ3v) is 1.89. The van der Waals surface area contributed by atoms with Gasteiger partial charge in [-0.05, 0) is 0 Å². The van der Waals surface area contributed by atoms with E-state index in [0.717, 1.165) is 6.07 Å². The molecule has 9 heteroatoms. The van der Waals surface area contributed by atoms with Gasteiger partial charge in [-0.15, -0.1) is 0 Å². The largest absolute Gasteiger partial charge is 0.475 e. The Labute approximate surface area is 94.0 Å². The van der Waals surface area contributed by atoms with Crippen molar-refractivity contribution in [1.29, 1.82) is 0 Å². The lowest BCUT2D eigenvalue weighted by Crippen LogP contribution is -2.15. The number of carbonyl (C=O) groups excluding carboxylic acids is 1. The van der Waals surface area contributed by atoms with Crippen molar-refractivity contribution in [3.05, 3.63) is 23.8 Å². The predicted octanol–water partition coefficient (Wildman–Crippen LogP) is -0.246. The molecule has 88 valence electrons. The van der Waals surface area contributed by atoms with E-state index in [0.29, 0.717) is 0 Å². The van der Waals surface area contributed by atoms with Crippen LogP contribution >= 0.6 is 0 Å². The molecule has 0 spiro atoms. The molecule has 0 unspecified atom stereocenters. The van der Waals surface area contributed by atoms with E-state index in [4.69, 9.17) is 5.11 Å². The van der Waals surface area contributed by atoms with E-state index in [1.807, 2.05) is 0 Å². The zero-order chi connectivity index (χ0) is 12.4. The Balaban J connectivity index is 2.15. The van der Waals surface area contributed by atoms with Crippen LogP contribution in [0.1, 0.15) is 21.0 Å². The first-order valence-corrected chi connectivity index (χ1v) is 4.43. The number of carboxylic acid groups (broad SMARTS) is 1. The predicted molar refractivity (Wildman–Crippen MR) is 52.4 cm³/mol. The van der Waals surface area contributed by atoms with E-state index in [2.05, 4.69) is 25.1 Å². The average Bonchev–Trinajstić information content (AvgIpc) is 2.88. The van der Waals surface area contributed by atoms with Crippen molar-refractivity contribution in [3.8, 4) is 0 Å². The molecule has 0 aliphatic rings. The van der Waals surface area contributed by atoms with Crippen molar-refractivity contribution in [2.45, 2.75) is 0 Å². The van der Waals surface area contributed by atoms with E-state index in [9.17, 15) is 9.59 Å². The third kappa shape index (κ3) is 2.12. The molecule has 2 aromatic heterocycles. The van der Waals surface area contributed by atoms with Gasteiger partial charge in [0, 0.05) is 13.1 Å². The van der Waals surface area contributed by atoms with Gasteiger partial charge in [-0.1, -0.05) is 5.16 Å². The van der Waals surface area contributed by atoms with Crippen LogP contribution in [0.25, 0.3) is 0 Å². The summed E-state index contributed by atoms with van der Waals surface area (Å²) < 4.78 is 5.79. The summed E-state index contributed by atoms with van der Waals surface area (Å²) in [5.41, 5.74) is -0.148. The highest BCUT2D eigenvalue weighted by Gasteiger charge is 2.17. The number of aryl methyl sites for hydroxylation is 1. The zero-order valence-corrected chi connectivity index (χ0v) is 8.62. The first-order valence-electron chi connectivity index (χ1n) is 4.43. The summed E-state index contributed by atoms with van der Waals surface area (Å²) in [5.74, 6) is -2.12. The number of hydrogen-bond donors (Lipinski definition) is 2. The van der Waals surface area contributed by atoms with Gasteiger partial charge in [0.05, 0.1) is 0 Å². The Bertz CT molecular complexity index is 572. The SMILES string of the molecule is Cn1ncnc1NC(=O)c1cc(C(=O)O)on1. The van der Waals surface area contributed by atoms with Gasteiger partial charge in [0.1, 0.15) is 6.33 Å². The molecule has 2 aromatic rings. The third-order valence-electron chi connectivity index (χ3n) is 1.89. The maximum absolute atomic E-state index is 11.6. The summed E-state index contributed by atoms with van der Waals surface area (Å²) in [6.45, 7) is 0. The number of anilines is 1. The van der Waals surface area contributed by atoms with Crippen LogP contribution in [-0.2, 0) is 7.05 Å². The lowest BCUT2D eigenvalue weighted by Gasteiger charge is -1.99. The van der Waals surface area contributed by atoms with E-state index in [1.54, 1.807) is 7.05 Å². The number of carboxylic acids is 1. The molecule has 0 aliphatic carbocycles. The topological polar surface area (TPSA) is 123 Å². The van der Waals surface area contributed by atoms with Crippen LogP contribution in [0.2, 0.25) is 0 Å². The smallest absolute Gasteiger partial charge is 0.374 e. The van der Waals surface area contributed by atoms with Gasteiger partial charge >= 0.3 is 5.97 Å². The molecule has 17 heavy (non-hydrogen) atoms. The van der Waals surface area contributed by atoms with Crippen LogP contribution < -0.4 is 5.32 Å². The number of carbonyl (C=O) groups is 2. The van der Waals surface area contributed by atoms with Crippen molar-refractivity contribution in [3.63, 3.8) is 0 Å². The van der Waals surface area contributed by atoms with E-state index >= 15 is 0 Å². The molecule has 0 radical (unpaired) electrons. The second-order valence-electron chi connectivity index (χ2n) is 3.04. The van der Waals surface area contributed by atoms with Crippen molar-refractivity contribution in [2.75, 3.05) is 5.32 Å². The van der Waals surface area contributed by atoms with Gasteiger partial charge in [0.15, 0.2) is 5.69 Å². The first-order chi connectivity index (χ1) is 8.08. The molecule has 2 N–H and O–H groups in total. The van der Waals surface area contributed by atoms with E-state index in [-0.39, 0.29) is 11.6 Å². The van der Waals surface area contributed by atoms with E-state index in [1.165, 1.54) is 11.0 Å². The summed E-state index contributed by atoms with van der Waals surface area (Å²) in [7, 11) is 1.59.